The molecule has 0 radical (unpaired) electrons. The molecular formula is C77H76N4O. The van der Waals surface area contributed by atoms with Crippen LogP contribution in [0.4, 0.5) is 34.3 Å². The summed E-state index contributed by atoms with van der Waals surface area (Å²) in [5.41, 5.74) is 17.2. The van der Waals surface area contributed by atoms with Gasteiger partial charge in [0.1, 0.15) is 24.0 Å². The smallest absolute Gasteiger partial charge is 0.130 e. The lowest BCUT2D eigenvalue weighted by Gasteiger charge is -2.43. The number of hydrogen-bond donors (Lipinski definition) is 1. The first-order chi connectivity index (χ1) is 41.8. The number of pyridine rings is 1. The molecule has 2 heterocycles. The minimum absolute atomic E-state index is 0.0182. The van der Waals surface area contributed by atoms with Crippen LogP contribution in [0.3, 0.4) is 0 Å². The second kappa shape index (κ2) is 21.0. The fourth-order valence-electron chi connectivity index (χ4n) is 12.3. The van der Waals surface area contributed by atoms with Crippen LogP contribution in [-0.4, -0.2) is 11.7 Å². The molecule has 5 nitrogen and oxygen atoms in total. The number of nitrogens with one attached hydrogen (secondary N) is 1. The van der Waals surface area contributed by atoms with Gasteiger partial charge in [0.2, 0.25) is 0 Å². The zero-order valence-corrected chi connectivity index (χ0v) is 48.9. The van der Waals surface area contributed by atoms with Crippen molar-refractivity contribution in [3.05, 3.63) is 246 Å². The van der Waals surface area contributed by atoms with Crippen LogP contribution in [0.15, 0.2) is 218 Å². The SMILES string of the molecule is [2H]c1c([2H])c(-c2cnc(Nc3cccc(-c4ccccc4)c3-c3ccc(Oc4cccc(N5CN(c6c(-c7cccc(C(C)(C)C)c7)cccc6-c6ccccc6C(C)(C)C)c6ccccc65)c4)cc3)cc2C([2H])([2H])[2H])c2c(c1[2H])C(C)(C)CCC2(C)C. The highest BCUT2D eigenvalue weighted by molar-refractivity contribution is 5.99. The first-order valence-corrected chi connectivity index (χ1v) is 28.8. The summed E-state index contributed by atoms with van der Waals surface area (Å²) in [5, 5.41) is 3.53. The standard InChI is InChI=1S/C77H76N4O/c1-51-46-70(78-49-64(51)62-33-22-36-66-72(62)77(10,11)45-44-76(66,8)9)79-67-37-23-31-59(52-24-13-12-14-25-52)71(67)53-40-42-57(43-41-53)82-58-29-20-28-56(48-58)80-50-81(69-39-18-17-38-68(69)80)73-60(54-26-19-27-55(47-54)74(2,3)4)32-21-34-63(73)61-30-15-16-35-65(61)75(5,6)7/h12-43,46-49H,44-45,50H2,1-11H3,(H,78,79)/i1D3,22D,33D,36D. The van der Waals surface area contributed by atoms with Gasteiger partial charge in [-0.3, -0.25) is 0 Å². The number of nitrogens with zero attached hydrogens (tertiary/aromatic N) is 3. The molecule has 0 amide bonds. The summed E-state index contributed by atoms with van der Waals surface area (Å²) in [4.78, 5) is 9.75. The van der Waals surface area contributed by atoms with Crippen LogP contribution in [0.25, 0.3) is 55.6 Å². The number of fused-ring (bicyclic) bond motifs is 2. The normalized spacial score (nSPS) is 15.7. The number of para-hydroxylation sites is 3. The van der Waals surface area contributed by atoms with Crippen LogP contribution in [0.2, 0.25) is 0 Å². The summed E-state index contributed by atoms with van der Waals surface area (Å²) in [5.74, 6) is 1.66. The Hall–Kier alpha value is -8.67. The summed E-state index contributed by atoms with van der Waals surface area (Å²) in [7, 11) is 0. The average Bonchev–Trinajstić information content (AvgIpc) is 0.914. The molecule has 1 aliphatic carbocycles. The van der Waals surface area contributed by atoms with Crippen molar-refractivity contribution in [1.82, 2.24) is 4.98 Å². The number of benzene rings is 9. The fraction of sp³-hybridized carbons (Fsp3) is 0.234. The highest BCUT2D eigenvalue weighted by Crippen LogP contribution is 2.53. The quantitative estimate of drug-likeness (QED) is 0.140. The Bertz CT molecular complexity index is 4310. The van der Waals surface area contributed by atoms with Crippen LogP contribution in [0, 0.1) is 6.85 Å². The van der Waals surface area contributed by atoms with Crippen molar-refractivity contribution >= 4 is 34.3 Å². The summed E-state index contributed by atoms with van der Waals surface area (Å²) >= 11 is 0. The molecular weight excluding hydrogens is 997 g/mol. The van der Waals surface area contributed by atoms with E-state index >= 15 is 0 Å². The van der Waals surface area contributed by atoms with E-state index in [-0.39, 0.29) is 40.1 Å². The van der Waals surface area contributed by atoms with E-state index in [1.54, 1.807) is 6.07 Å². The number of hydrogen-bond acceptors (Lipinski definition) is 5. The maximum Gasteiger partial charge on any atom is 0.130 e. The zero-order chi connectivity index (χ0) is 62.2. The number of ether oxygens (including phenoxy) is 1. The molecule has 1 aromatic heterocycles. The van der Waals surface area contributed by atoms with E-state index in [4.69, 9.17) is 16.6 Å². The maximum atomic E-state index is 9.31. The van der Waals surface area contributed by atoms with Gasteiger partial charge in [0, 0.05) is 50.0 Å². The molecule has 0 saturated carbocycles. The van der Waals surface area contributed by atoms with Gasteiger partial charge in [-0.05, 0) is 151 Å². The van der Waals surface area contributed by atoms with Crippen molar-refractivity contribution in [2.24, 2.45) is 0 Å². The summed E-state index contributed by atoms with van der Waals surface area (Å²) in [6.45, 7) is 19.9. The van der Waals surface area contributed by atoms with Crippen molar-refractivity contribution in [2.75, 3.05) is 21.8 Å². The topological polar surface area (TPSA) is 40.6 Å². The van der Waals surface area contributed by atoms with Gasteiger partial charge in [0.05, 0.1) is 21.2 Å². The highest BCUT2D eigenvalue weighted by atomic mass is 16.5. The van der Waals surface area contributed by atoms with E-state index in [0.717, 1.165) is 63.4 Å². The van der Waals surface area contributed by atoms with Gasteiger partial charge in [0.25, 0.3) is 0 Å². The Kier molecular flexibility index (Phi) is 12.0. The lowest BCUT2D eigenvalue weighted by Crippen LogP contribution is -2.34. The number of aryl methyl sites for hydroxylation is 1. The van der Waals surface area contributed by atoms with E-state index in [2.05, 4.69) is 212 Å². The molecule has 0 fully saturated rings. The molecule has 12 rings (SSSR count). The maximum absolute atomic E-state index is 9.31. The van der Waals surface area contributed by atoms with Crippen LogP contribution in [-0.2, 0) is 21.7 Å². The number of rotatable bonds is 11. The second-order valence-corrected chi connectivity index (χ2v) is 25.5. The lowest BCUT2D eigenvalue weighted by atomic mass is 9.61. The van der Waals surface area contributed by atoms with Gasteiger partial charge >= 0.3 is 0 Å². The van der Waals surface area contributed by atoms with Gasteiger partial charge in [0.15, 0.2) is 0 Å². The Labute approximate surface area is 495 Å². The first-order valence-electron chi connectivity index (χ1n) is 31.8. The van der Waals surface area contributed by atoms with Gasteiger partial charge < -0.3 is 19.9 Å². The minimum atomic E-state index is -2.61. The summed E-state index contributed by atoms with van der Waals surface area (Å²) in [6.07, 6.45) is 3.11. The fourth-order valence-corrected chi connectivity index (χ4v) is 12.3. The molecule has 410 valence electrons. The Morgan fingerprint density at radius 1 is 0.537 bits per heavy atom. The van der Waals surface area contributed by atoms with E-state index in [1.165, 1.54) is 39.6 Å². The molecule has 0 saturated heterocycles. The van der Waals surface area contributed by atoms with Gasteiger partial charge in [-0.2, -0.15) is 0 Å². The monoisotopic (exact) mass is 1080 g/mol. The van der Waals surface area contributed by atoms with E-state index in [1.807, 2.05) is 60.7 Å². The first kappa shape index (κ1) is 47.0. The zero-order valence-electron chi connectivity index (χ0n) is 54.9. The molecule has 0 unspecified atom stereocenters. The van der Waals surface area contributed by atoms with E-state index < -0.39 is 17.7 Å². The molecule has 1 N–H and O–H groups in total. The lowest BCUT2D eigenvalue weighted by molar-refractivity contribution is 0.333. The van der Waals surface area contributed by atoms with Crippen molar-refractivity contribution in [1.29, 1.82) is 0 Å². The molecule has 9 aromatic carbocycles. The highest BCUT2D eigenvalue weighted by Gasteiger charge is 2.39. The Morgan fingerprint density at radius 3 is 1.96 bits per heavy atom. The molecule has 5 heteroatoms. The van der Waals surface area contributed by atoms with Crippen molar-refractivity contribution in [2.45, 2.75) is 111 Å². The predicted octanol–water partition coefficient (Wildman–Crippen LogP) is 21.5. The van der Waals surface area contributed by atoms with Crippen molar-refractivity contribution < 1.29 is 13.0 Å². The summed E-state index contributed by atoms with van der Waals surface area (Å²) in [6, 6.07) is 67.1. The molecule has 82 heavy (non-hydrogen) atoms. The molecule has 2 aliphatic rings. The van der Waals surface area contributed by atoms with Crippen LogP contribution in [0.5, 0.6) is 11.5 Å². The van der Waals surface area contributed by atoms with Crippen molar-refractivity contribution in [3.63, 3.8) is 0 Å². The third-order valence-electron chi connectivity index (χ3n) is 16.8. The average molecular weight is 1080 g/mol. The largest absolute Gasteiger partial charge is 0.457 e. The van der Waals surface area contributed by atoms with E-state index in [9.17, 15) is 1.37 Å². The number of anilines is 6. The van der Waals surface area contributed by atoms with Gasteiger partial charge in [-0.1, -0.05) is 227 Å². The molecule has 10 aromatic rings. The van der Waals surface area contributed by atoms with Crippen LogP contribution < -0.4 is 19.9 Å². The third-order valence-corrected chi connectivity index (χ3v) is 16.8. The van der Waals surface area contributed by atoms with Crippen LogP contribution in [0.1, 0.15) is 118 Å². The predicted molar refractivity (Wildman–Crippen MR) is 347 cm³/mol. The Balaban J connectivity index is 0.884. The minimum Gasteiger partial charge on any atom is -0.457 e. The van der Waals surface area contributed by atoms with E-state index in [0.29, 0.717) is 40.8 Å². The van der Waals surface area contributed by atoms with Crippen molar-refractivity contribution in [3.8, 4) is 67.1 Å². The molecule has 0 bridgehead atoms. The molecule has 1 aliphatic heterocycles. The summed E-state index contributed by atoms with van der Waals surface area (Å²) < 4.78 is 60.8. The number of aromatic nitrogens is 1. The van der Waals surface area contributed by atoms with Crippen LogP contribution >= 0.6 is 0 Å². The third kappa shape index (κ3) is 10.3. The second-order valence-electron chi connectivity index (χ2n) is 25.5. The Morgan fingerprint density at radius 2 is 1.20 bits per heavy atom. The van der Waals surface area contributed by atoms with Gasteiger partial charge in [-0.25, -0.2) is 4.98 Å². The van der Waals surface area contributed by atoms with Gasteiger partial charge in [-0.15, -0.1) is 0 Å². The molecule has 0 spiro atoms. The molecule has 0 atom stereocenters.